The van der Waals surface area contributed by atoms with Gasteiger partial charge in [0.25, 0.3) is 0 Å². The molecule has 0 bridgehead atoms. The van der Waals surface area contributed by atoms with Crippen molar-refractivity contribution < 1.29 is 0 Å². The number of nitrogens with one attached hydrogen (secondary N) is 1. The molecule has 0 atom stereocenters. The van der Waals surface area contributed by atoms with Crippen molar-refractivity contribution in [1.29, 1.82) is 0 Å². The third-order valence-corrected chi connectivity index (χ3v) is 4.83. The van der Waals surface area contributed by atoms with Crippen LogP contribution in [0.4, 0.5) is 5.82 Å². The van der Waals surface area contributed by atoms with Gasteiger partial charge in [0.15, 0.2) is 0 Å². The van der Waals surface area contributed by atoms with E-state index in [9.17, 15) is 0 Å². The van der Waals surface area contributed by atoms with Crippen molar-refractivity contribution in [2.24, 2.45) is 11.8 Å². The van der Waals surface area contributed by atoms with E-state index < -0.39 is 0 Å². The highest BCUT2D eigenvalue weighted by atomic mass is 15.0. The lowest BCUT2D eigenvalue weighted by Gasteiger charge is -2.30. The standard InChI is InChI=1S/C17H29N3/c1-6-18-16-12(4)13(5)19-17(20-16)15-9-7-14(8-10-15)11(2)3/h11,14-15H,6-10H2,1-5H3,(H,18,19,20). The topological polar surface area (TPSA) is 37.8 Å². The minimum atomic E-state index is 0.557. The Morgan fingerprint density at radius 3 is 2.30 bits per heavy atom. The largest absolute Gasteiger partial charge is 0.370 e. The van der Waals surface area contributed by atoms with Crippen LogP contribution in [0.1, 0.15) is 69.5 Å². The number of anilines is 1. The molecule has 20 heavy (non-hydrogen) atoms. The summed E-state index contributed by atoms with van der Waals surface area (Å²) < 4.78 is 0. The highest BCUT2D eigenvalue weighted by molar-refractivity contribution is 5.45. The van der Waals surface area contributed by atoms with Crippen molar-refractivity contribution >= 4 is 5.82 Å². The summed E-state index contributed by atoms with van der Waals surface area (Å²) in [7, 11) is 0. The Labute approximate surface area is 123 Å². The zero-order chi connectivity index (χ0) is 14.7. The summed E-state index contributed by atoms with van der Waals surface area (Å²) in [6.45, 7) is 11.9. The Morgan fingerprint density at radius 1 is 1.10 bits per heavy atom. The molecule has 3 heteroatoms. The van der Waals surface area contributed by atoms with Crippen LogP contribution in [-0.4, -0.2) is 16.5 Å². The molecule has 1 aromatic rings. The van der Waals surface area contributed by atoms with Crippen LogP contribution in [0.3, 0.4) is 0 Å². The van der Waals surface area contributed by atoms with E-state index in [4.69, 9.17) is 9.97 Å². The van der Waals surface area contributed by atoms with Crippen LogP contribution in [0.5, 0.6) is 0 Å². The molecule has 0 aromatic carbocycles. The van der Waals surface area contributed by atoms with E-state index in [0.717, 1.165) is 35.7 Å². The average molecular weight is 275 g/mol. The number of nitrogens with zero attached hydrogens (tertiary/aromatic N) is 2. The maximum absolute atomic E-state index is 4.79. The zero-order valence-corrected chi connectivity index (χ0v) is 13.7. The van der Waals surface area contributed by atoms with Gasteiger partial charge in [0.2, 0.25) is 0 Å². The van der Waals surface area contributed by atoms with Gasteiger partial charge in [0, 0.05) is 23.7 Å². The monoisotopic (exact) mass is 275 g/mol. The van der Waals surface area contributed by atoms with Gasteiger partial charge in [-0.2, -0.15) is 0 Å². The highest BCUT2D eigenvalue weighted by Crippen LogP contribution is 2.38. The van der Waals surface area contributed by atoms with E-state index >= 15 is 0 Å². The maximum Gasteiger partial charge on any atom is 0.134 e. The predicted octanol–water partition coefficient (Wildman–Crippen LogP) is 4.46. The predicted molar refractivity (Wildman–Crippen MR) is 85.2 cm³/mol. The Balaban J connectivity index is 2.13. The second-order valence-corrected chi connectivity index (χ2v) is 6.53. The van der Waals surface area contributed by atoms with Gasteiger partial charge in [0.1, 0.15) is 11.6 Å². The van der Waals surface area contributed by atoms with E-state index in [1.165, 1.54) is 31.2 Å². The van der Waals surface area contributed by atoms with Crippen LogP contribution in [0, 0.1) is 25.7 Å². The van der Waals surface area contributed by atoms with Gasteiger partial charge in [-0.25, -0.2) is 9.97 Å². The van der Waals surface area contributed by atoms with Crippen molar-refractivity contribution in [2.45, 2.75) is 66.2 Å². The fourth-order valence-corrected chi connectivity index (χ4v) is 3.22. The maximum atomic E-state index is 4.79. The second-order valence-electron chi connectivity index (χ2n) is 6.53. The molecule has 0 spiro atoms. The first-order valence-electron chi connectivity index (χ1n) is 8.11. The van der Waals surface area contributed by atoms with Gasteiger partial charge in [-0.3, -0.25) is 0 Å². The molecule has 3 nitrogen and oxygen atoms in total. The minimum Gasteiger partial charge on any atom is -0.370 e. The number of hydrogen-bond acceptors (Lipinski definition) is 3. The van der Waals surface area contributed by atoms with Crippen LogP contribution in [0.2, 0.25) is 0 Å². The van der Waals surface area contributed by atoms with E-state index in [-0.39, 0.29) is 0 Å². The molecule has 0 unspecified atom stereocenters. The second kappa shape index (κ2) is 6.55. The summed E-state index contributed by atoms with van der Waals surface area (Å²) in [6.07, 6.45) is 5.15. The van der Waals surface area contributed by atoms with Crippen LogP contribution in [-0.2, 0) is 0 Å². The Kier molecular flexibility index (Phi) is 5.00. The molecule has 1 heterocycles. The molecule has 1 aliphatic rings. The van der Waals surface area contributed by atoms with Crippen molar-refractivity contribution in [3.8, 4) is 0 Å². The zero-order valence-electron chi connectivity index (χ0n) is 13.7. The summed E-state index contributed by atoms with van der Waals surface area (Å²) in [4.78, 5) is 9.55. The van der Waals surface area contributed by atoms with Crippen molar-refractivity contribution in [1.82, 2.24) is 9.97 Å². The molecule has 1 fully saturated rings. The molecule has 1 N–H and O–H groups in total. The quantitative estimate of drug-likeness (QED) is 0.882. The number of aromatic nitrogens is 2. The normalized spacial score (nSPS) is 23.1. The lowest BCUT2D eigenvalue weighted by Crippen LogP contribution is -2.20. The number of aryl methyl sites for hydroxylation is 1. The van der Waals surface area contributed by atoms with Crippen LogP contribution in [0.15, 0.2) is 0 Å². The lowest BCUT2D eigenvalue weighted by molar-refractivity contribution is 0.254. The van der Waals surface area contributed by atoms with Crippen molar-refractivity contribution in [3.05, 3.63) is 17.1 Å². The highest BCUT2D eigenvalue weighted by Gasteiger charge is 2.26. The molecule has 0 amide bonds. The molecule has 0 aliphatic heterocycles. The molecular formula is C17H29N3. The van der Waals surface area contributed by atoms with Crippen molar-refractivity contribution in [2.75, 3.05) is 11.9 Å². The van der Waals surface area contributed by atoms with Gasteiger partial charge in [-0.05, 0) is 58.3 Å². The molecule has 2 rings (SSSR count). The fourth-order valence-electron chi connectivity index (χ4n) is 3.22. The summed E-state index contributed by atoms with van der Waals surface area (Å²) in [5.74, 6) is 4.36. The van der Waals surface area contributed by atoms with Crippen LogP contribution >= 0.6 is 0 Å². The SMILES string of the molecule is CCNc1nc(C2CCC(C(C)C)CC2)nc(C)c1C. The molecule has 0 saturated heterocycles. The third-order valence-electron chi connectivity index (χ3n) is 4.83. The van der Waals surface area contributed by atoms with Crippen LogP contribution in [0.25, 0.3) is 0 Å². The molecule has 1 saturated carbocycles. The van der Waals surface area contributed by atoms with E-state index in [2.05, 4.69) is 39.9 Å². The summed E-state index contributed by atoms with van der Waals surface area (Å²) in [5, 5.41) is 3.37. The van der Waals surface area contributed by atoms with Crippen molar-refractivity contribution in [3.63, 3.8) is 0 Å². The van der Waals surface area contributed by atoms with Gasteiger partial charge in [-0.1, -0.05) is 13.8 Å². The minimum absolute atomic E-state index is 0.557. The summed E-state index contributed by atoms with van der Waals surface area (Å²) in [6, 6.07) is 0. The molecule has 112 valence electrons. The van der Waals surface area contributed by atoms with E-state index in [0.29, 0.717) is 5.92 Å². The molecule has 1 aliphatic carbocycles. The number of hydrogen-bond donors (Lipinski definition) is 1. The average Bonchev–Trinajstić information content (AvgIpc) is 2.44. The van der Waals surface area contributed by atoms with Gasteiger partial charge in [-0.15, -0.1) is 0 Å². The van der Waals surface area contributed by atoms with E-state index in [1.807, 2.05) is 0 Å². The number of rotatable bonds is 4. The van der Waals surface area contributed by atoms with Crippen LogP contribution < -0.4 is 5.32 Å². The fraction of sp³-hybridized carbons (Fsp3) is 0.765. The summed E-state index contributed by atoms with van der Waals surface area (Å²) >= 11 is 0. The van der Waals surface area contributed by atoms with Gasteiger partial charge in [0.05, 0.1) is 0 Å². The van der Waals surface area contributed by atoms with Gasteiger partial charge < -0.3 is 5.32 Å². The Bertz CT molecular complexity index is 446. The smallest absolute Gasteiger partial charge is 0.134 e. The Morgan fingerprint density at radius 2 is 1.75 bits per heavy atom. The first-order chi connectivity index (χ1) is 9.52. The van der Waals surface area contributed by atoms with E-state index in [1.54, 1.807) is 0 Å². The summed E-state index contributed by atoms with van der Waals surface area (Å²) in [5.41, 5.74) is 2.31. The Hall–Kier alpha value is -1.12. The lowest BCUT2D eigenvalue weighted by atomic mass is 9.76. The first kappa shape index (κ1) is 15.3. The molecular weight excluding hydrogens is 246 g/mol. The molecule has 0 radical (unpaired) electrons. The first-order valence-corrected chi connectivity index (χ1v) is 8.11. The molecule has 1 aromatic heterocycles. The third kappa shape index (κ3) is 3.31. The van der Waals surface area contributed by atoms with Gasteiger partial charge >= 0.3 is 0 Å².